The topological polar surface area (TPSA) is 51.2 Å². The Hall–Kier alpha value is -2.70. The van der Waals surface area contributed by atoms with E-state index in [1.807, 2.05) is 56.3 Å². The zero-order valence-corrected chi connectivity index (χ0v) is 19.4. The number of amides is 1. The molecule has 4 aromatic rings. The lowest BCUT2D eigenvalue weighted by Crippen LogP contribution is -2.20. The smallest absolute Gasteiger partial charge is 0.262 e. The quantitative estimate of drug-likeness (QED) is 0.347. The molecule has 0 aliphatic heterocycles. The van der Waals surface area contributed by atoms with E-state index in [9.17, 15) is 4.79 Å². The molecular formula is C24H21BrN2O2S. The number of halogens is 1. The third kappa shape index (κ3) is 4.55. The highest BCUT2D eigenvalue weighted by atomic mass is 79.9. The van der Waals surface area contributed by atoms with Crippen LogP contribution in [0.3, 0.4) is 0 Å². The SMILES string of the molecule is Cc1ccc2nc(-c3ccc(NC(=O)COc4c(C)cc(Br)cc4C)cc3)sc2c1. The van der Waals surface area contributed by atoms with Crippen LogP contribution in [0.1, 0.15) is 16.7 Å². The van der Waals surface area contributed by atoms with Crippen molar-refractivity contribution in [1.29, 1.82) is 0 Å². The Morgan fingerprint density at radius 2 is 1.73 bits per heavy atom. The minimum atomic E-state index is -0.195. The summed E-state index contributed by atoms with van der Waals surface area (Å²) in [6.45, 7) is 5.97. The Morgan fingerprint density at radius 3 is 2.43 bits per heavy atom. The lowest BCUT2D eigenvalue weighted by molar-refractivity contribution is -0.118. The van der Waals surface area contributed by atoms with Crippen LogP contribution in [0.5, 0.6) is 5.75 Å². The molecule has 0 atom stereocenters. The highest BCUT2D eigenvalue weighted by Gasteiger charge is 2.10. The van der Waals surface area contributed by atoms with Gasteiger partial charge in [-0.05, 0) is 86.0 Å². The number of carbonyl (C=O) groups excluding carboxylic acids is 1. The zero-order chi connectivity index (χ0) is 21.3. The molecule has 1 amide bonds. The summed E-state index contributed by atoms with van der Waals surface area (Å²) in [5.41, 5.74) is 5.98. The largest absolute Gasteiger partial charge is 0.483 e. The van der Waals surface area contributed by atoms with Gasteiger partial charge in [0.1, 0.15) is 10.8 Å². The Kier molecular flexibility index (Phi) is 5.88. The molecule has 4 rings (SSSR count). The molecule has 4 nitrogen and oxygen atoms in total. The second kappa shape index (κ2) is 8.58. The Morgan fingerprint density at radius 1 is 1.03 bits per heavy atom. The summed E-state index contributed by atoms with van der Waals surface area (Å²) in [6, 6.07) is 18.0. The van der Waals surface area contributed by atoms with Crippen molar-refractivity contribution in [2.24, 2.45) is 0 Å². The van der Waals surface area contributed by atoms with Gasteiger partial charge in [0.05, 0.1) is 10.2 Å². The third-order valence-electron chi connectivity index (χ3n) is 4.73. The number of aryl methyl sites for hydroxylation is 3. The van der Waals surface area contributed by atoms with Gasteiger partial charge in [-0.1, -0.05) is 22.0 Å². The van der Waals surface area contributed by atoms with Crippen LogP contribution < -0.4 is 10.1 Å². The van der Waals surface area contributed by atoms with Gasteiger partial charge in [-0.2, -0.15) is 0 Å². The molecule has 1 heterocycles. The lowest BCUT2D eigenvalue weighted by atomic mass is 10.1. The number of ether oxygens (including phenoxy) is 1. The van der Waals surface area contributed by atoms with Crippen molar-refractivity contribution in [2.45, 2.75) is 20.8 Å². The Labute approximate surface area is 188 Å². The van der Waals surface area contributed by atoms with Gasteiger partial charge in [0.25, 0.3) is 5.91 Å². The summed E-state index contributed by atoms with van der Waals surface area (Å²) in [4.78, 5) is 17.0. The van der Waals surface area contributed by atoms with Crippen molar-refractivity contribution >= 4 is 49.1 Å². The highest BCUT2D eigenvalue weighted by molar-refractivity contribution is 9.10. The number of aromatic nitrogens is 1. The number of nitrogens with one attached hydrogen (secondary N) is 1. The highest BCUT2D eigenvalue weighted by Crippen LogP contribution is 2.31. The van der Waals surface area contributed by atoms with Crippen molar-refractivity contribution in [3.8, 4) is 16.3 Å². The fourth-order valence-corrected chi connectivity index (χ4v) is 5.07. The van der Waals surface area contributed by atoms with Crippen molar-refractivity contribution in [3.63, 3.8) is 0 Å². The number of anilines is 1. The van der Waals surface area contributed by atoms with Crippen molar-refractivity contribution in [2.75, 3.05) is 11.9 Å². The molecule has 0 radical (unpaired) electrons. The minimum Gasteiger partial charge on any atom is -0.483 e. The van der Waals surface area contributed by atoms with Crippen LogP contribution in [0.4, 0.5) is 5.69 Å². The predicted molar refractivity (Wildman–Crippen MR) is 128 cm³/mol. The summed E-state index contributed by atoms with van der Waals surface area (Å²) in [5, 5.41) is 3.86. The molecule has 1 aromatic heterocycles. The average molecular weight is 481 g/mol. The maximum absolute atomic E-state index is 12.3. The molecule has 0 saturated carbocycles. The van der Waals surface area contributed by atoms with Gasteiger partial charge in [-0.15, -0.1) is 11.3 Å². The van der Waals surface area contributed by atoms with Gasteiger partial charge in [-0.3, -0.25) is 4.79 Å². The maximum Gasteiger partial charge on any atom is 0.262 e. The zero-order valence-electron chi connectivity index (χ0n) is 17.0. The number of thiazole rings is 1. The monoisotopic (exact) mass is 480 g/mol. The molecule has 0 fully saturated rings. The Balaban J connectivity index is 1.41. The van der Waals surface area contributed by atoms with Crippen LogP contribution >= 0.6 is 27.3 Å². The normalized spacial score (nSPS) is 10.9. The third-order valence-corrected chi connectivity index (χ3v) is 6.26. The summed E-state index contributed by atoms with van der Waals surface area (Å²) in [5.74, 6) is 0.551. The molecule has 0 unspecified atom stereocenters. The molecule has 152 valence electrons. The molecular weight excluding hydrogens is 460 g/mol. The van der Waals surface area contributed by atoms with Crippen LogP contribution in [0.15, 0.2) is 59.1 Å². The molecule has 3 aromatic carbocycles. The number of benzene rings is 3. The molecule has 1 N–H and O–H groups in total. The van der Waals surface area contributed by atoms with Gasteiger partial charge in [0, 0.05) is 15.7 Å². The van der Waals surface area contributed by atoms with Gasteiger partial charge < -0.3 is 10.1 Å². The fraction of sp³-hybridized carbons (Fsp3) is 0.167. The average Bonchev–Trinajstić information content (AvgIpc) is 3.11. The first-order chi connectivity index (χ1) is 14.4. The predicted octanol–water partition coefficient (Wildman–Crippen LogP) is 6.67. The summed E-state index contributed by atoms with van der Waals surface area (Å²) < 4.78 is 7.93. The van der Waals surface area contributed by atoms with E-state index in [4.69, 9.17) is 9.72 Å². The molecule has 0 bridgehead atoms. The summed E-state index contributed by atoms with van der Waals surface area (Å²) in [6.07, 6.45) is 0. The van der Waals surface area contributed by atoms with E-state index in [2.05, 4.69) is 40.3 Å². The molecule has 0 aliphatic carbocycles. The Bertz CT molecular complexity index is 1210. The first kappa shape index (κ1) is 20.6. The van der Waals surface area contributed by atoms with E-state index < -0.39 is 0 Å². The summed E-state index contributed by atoms with van der Waals surface area (Å²) >= 11 is 5.14. The van der Waals surface area contributed by atoms with Gasteiger partial charge in [-0.25, -0.2) is 4.98 Å². The van der Waals surface area contributed by atoms with E-state index in [-0.39, 0.29) is 12.5 Å². The number of nitrogens with zero attached hydrogens (tertiary/aromatic N) is 1. The number of carbonyl (C=O) groups is 1. The van der Waals surface area contributed by atoms with Crippen molar-refractivity contribution in [3.05, 3.63) is 75.8 Å². The van der Waals surface area contributed by atoms with Crippen LogP contribution in [-0.4, -0.2) is 17.5 Å². The number of hydrogen-bond acceptors (Lipinski definition) is 4. The van der Waals surface area contributed by atoms with E-state index in [0.29, 0.717) is 0 Å². The van der Waals surface area contributed by atoms with E-state index >= 15 is 0 Å². The number of hydrogen-bond donors (Lipinski definition) is 1. The lowest BCUT2D eigenvalue weighted by Gasteiger charge is -2.13. The van der Waals surface area contributed by atoms with Gasteiger partial charge >= 0.3 is 0 Å². The second-order valence-corrected chi connectivity index (χ2v) is 9.22. The van der Waals surface area contributed by atoms with Crippen molar-refractivity contribution < 1.29 is 9.53 Å². The van der Waals surface area contributed by atoms with Gasteiger partial charge in [0.15, 0.2) is 6.61 Å². The van der Waals surface area contributed by atoms with Crippen molar-refractivity contribution in [1.82, 2.24) is 4.98 Å². The number of rotatable bonds is 5. The number of fused-ring (bicyclic) bond motifs is 1. The molecule has 0 saturated heterocycles. The molecule has 0 spiro atoms. The standard InChI is InChI=1S/C24H21BrN2O2S/c1-14-4-9-20-21(10-14)30-24(27-20)17-5-7-19(8-6-17)26-22(28)13-29-23-15(2)11-18(25)12-16(23)3/h4-12H,13H2,1-3H3,(H,26,28). The van der Waals surface area contributed by atoms with E-state index in [1.54, 1.807) is 11.3 Å². The molecule has 30 heavy (non-hydrogen) atoms. The van der Waals surface area contributed by atoms with Gasteiger partial charge in [0.2, 0.25) is 0 Å². The second-order valence-electron chi connectivity index (χ2n) is 7.27. The first-order valence-corrected chi connectivity index (χ1v) is 11.2. The molecule has 0 aliphatic rings. The maximum atomic E-state index is 12.3. The fourth-order valence-electron chi connectivity index (χ4n) is 3.31. The minimum absolute atomic E-state index is 0.0394. The van der Waals surface area contributed by atoms with E-state index in [0.717, 1.165) is 43.1 Å². The van der Waals surface area contributed by atoms with Crippen LogP contribution in [-0.2, 0) is 4.79 Å². The summed E-state index contributed by atoms with van der Waals surface area (Å²) in [7, 11) is 0. The van der Waals surface area contributed by atoms with E-state index in [1.165, 1.54) is 10.3 Å². The molecule has 6 heteroatoms. The first-order valence-electron chi connectivity index (χ1n) is 9.56. The van der Waals surface area contributed by atoms with Crippen LogP contribution in [0.2, 0.25) is 0 Å². The van der Waals surface area contributed by atoms with Crippen LogP contribution in [0, 0.1) is 20.8 Å². The van der Waals surface area contributed by atoms with Crippen LogP contribution in [0.25, 0.3) is 20.8 Å².